The molecule has 0 saturated carbocycles. The van der Waals surface area contributed by atoms with Crippen molar-refractivity contribution in [2.75, 3.05) is 23.9 Å². The number of halogens is 1. The lowest BCUT2D eigenvalue weighted by molar-refractivity contribution is 0.256. The summed E-state index contributed by atoms with van der Waals surface area (Å²) < 4.78 is 5.42. The lowest BCUT2D eigenvalue weighted by Gasteiger charge is -2.30. The summed E-state index contributed by atoms with van der Waals surface area (Å²) in [6.07, 6.45) is 6.34. The number of nitrogens with one attached hydrogen (secondary N) is 1. The van der Waals surface area contributed by atoms with E-state index in [0.29, 0.717) is 23.1 Å². The van der Waals surface area contributed by atoms with Gasteiger partial charge < -0.3 is 10.1 Å². The predicted molar refractivity (Wildman–Crippen MR) is 102 cm³/mol. The summed E-state index contributed by atoms with van der Waals surface area (Å²) in [6.45, 7) is 0.627. The molecule has 0 spiro atoms. The second kappa shape index (κ2) is 7.24. The van der Waals surface area contributed by atoms with Gasteiger partial charge in [0.05, 0.1) is 42.1 Å². The Bertz CT molecular complexity index is 976. The van der Waals surface area contributed by atoms with Crippen molar-refractivity contribution >= 4 is 29.0 Å². The number of methoxy groups -OCH3 is 1. The van der Waals surface area contributed by atoms with Crippen LogP contribution in [-0.4, -0.2) is 39.7 Å². The van der Waals surface area contributed by atoms with Crippen LogP contribution < -0.4 is 15.0 Å². The number of pyridine rings is 1. The number of carbonyl (C=O) groups excluding carboxylic acids is 1. The highest BCUT2D eigenvalue weighted by atomic mass is 35.5. The molecule has 0 radical (unpaired) electrons. The minimum Gasteiger partial charge on any atom is -0.496 e. The molecule has 138 valence electrons. The van der Waals surface area contributed by atoms with E-state index in [4.69, 9.17) is 16.3 Å². The van der Waals surface area contributed by atoms with E-state index in [1.807, 2.05) is 18.2 Å². The number of amides is 2. The van der Waals surface area contributed by atoms with Gasteiger partial charge in [0.2, 0.25) is 0 Å². The number of fused-ring (bicyclic) bond motifs is 1. The van der Waals surface area contributed by atoms with Crippen LogP contribution in [0, 0.1) is 0 Å². The molecule has 0 bridgehead atoms. The van der Waals surface area contributed by atoms with Crippen molar-refractivity contribution in [2.45, 2.75) is 12.8 Å². The van der Waals surface area contributed by atoms with Crippen molar-refractivity contribution < 1.29 is 9.53 Å². The summed E-state index contributed by atoms with van der Waals surface area (Å²) in [7, 11) is 1.64. The molecule has 8 nitrogen and oxygen atoms in total. The van der Waals surface area contributed by atoms with E-state index in [9.17, 15) is 4.79 Å². The van der Waals surface area contributed by atoms with Crippen LogP contribution in [0.5, 0.6) is 5.75 Å². The van der Waals surface area contributed by atoms with Crippen LogP contribution in [0.1, 0.15) is 12.0 Å². The van der Waals surface area contributed by atoms with Gasteiger partial charge in [-0.15, -0.1) is 4.80 Å². The highest BCUT2D eigenvalue weighted by molar-refractivity contribution is 6.32. The Balaban J connectivity index is 1.56. The van der Waals surface area contributed by atoms with Crippen LogP contribution in [0.3, 0.4) is 0 Å². The Morgan fingerprint density at radius 2 is 2.11 bits per heavy atom. The first-order valence-electron chi connectivity index (χ1n) is 8.44. The van der Waals surface area contributed by atoms with Gasteiger partial charge in [0.1, 0.15) is 5.75 Å². The number of benzene rings is 1. The summed E-state index contributed by atoms with van der Waals surface area (Å²) in [6, 6.07) is 7.10. The van der Waals surface area contributed by atoms with Crippen molar-refractivity contribution in [1.82, 2.24) is 20.0 Å². The monoisotopic (exact) mass is 384 g/mol. The number of hydrogen-bond donors (Lipinski definition) is 1. The van der Waals surface area contributed by atoms with Crippen LogP contribution in [0.15, 0.2) is 42.9 Å². The molecule has 3 aromatic rings. The quantitative estimate of drug-likeness (QED) is 0.748. The molecule has 1 aromatic carbocycles. The number of hydrogen-bond acceptors (Lipinski definition) is 5. The van der Waals surface area contributed by atoms with Crippen molar-refractivity contribution in [3.8, 4) is 11.6 Å². The summed E-state index contributed by atoms with van der Waals surface area (Å²) in [5.41, 5.74) is 2.39. The summed E-state index contributed by atoms with van der Waals surface area (Å²) in [5.74, 6) is 1.19. The van der Waals surface area contributed by atoms with Crippen LogP contribution in [0.25, 0.3) is 5.82 Å². The number of anilines is 2. The molecule has 0 unspecified atom stereocenters. The van der Waals surface area contributed by atoms with Gasteiger partial charge in [0.25, 0.3) is 0 Å². The third-order valence-electron chi connectivity index (χ3n) is 4.35. The zero-order valence-electron chi connectivity index (χ0n) is 14.6. The average molecular weight is 385 g/mol. The maximum absolute atomic E-state index is 12.8. The van der Waals surface area contributed by atoms with E-state index in [1.54, 1.807) is 18.1 Å². The Hall–Kier alpha value is -3.13. The molecule has 2 aromatic heterocycles. The standard InChI is InChI=1S/C18H17ClN6O2/c1-27-16-6-2-5-15-13(16)4-3-9-24(15)18(26)23-12-10-14(19)17(20-11-12)25-21-7-8-22-25/h2,5-8,10-11H,3-4,9H2,1H3,(H,23,26). The van der Waals surface area contributed by atoms with E-state index in [0.717, 1.165) is 29.8 Å². The van der Waals surface area contributed by atoms with Crippen LogP contribution in [-0.2, 0) is 6.42 Å². The molecule has 0 saturated heterocycles. The van der Waals surface area contributed by atoms with Crippen molar-refractivity contribution in [3.05, 3.63) is 53.4 Å². The fourth-order valence-corrected chi connectivity index (χ4v) is 3.40. The second-order valence-corrected chi connectivity index (χ2v) is 6.40. The first-order chi connectivity index (χ1) is 13.2. The summed E-state index contributed by atoms with van der Waals surface area (Å²) in [5, 5.41) is 11.2. The first kappa shape index (κ1) is 17.3. The molecular weight excluding hydrogens is 368 g/mol. The van der Waals surface area contributed by atoms with E-state index in [2.05, 4.69) is 20.5 Å². The molecule has 0 atom stereocenters. The SMILES string of the molecule is COc1cccc2c1CCCN2C(=O)Nc1cnc(-n2nccn2)c(Cl)c1. The van der Waals surface area contributed by atoms with Gasteiger partial charge in [-0.05, 0) is 31.0 Å². The number of aromatic nitrogens is 4. The van der Waals surface area contributed by atoms with Gasteiger partial charge in [-0.3, -0.25) is 4.90 Å². The first-order valence-corrected chi connectivity index (χ1v) is 8.82. The van der Waals surface area contributed by atoms with Crippen molar-refractivity contribution in [3.63, 3.8) is 0 Å². The zero-order chi connectivity index (χ0) is 18.8. The van der Waals surface area contributed by atoms with Gasteiger partial charge in [-0.25, -0.2) is 9.78 Å². The highest BCUT2D eigenvalue weighted by Gasteiger charge is 2.25. The lowest BCUT2D eigenvalue weighted by atomic mass is 10.0. The average Bonchev–Trinajstić information content (AvgIpc) is 3.21. The molecule has 0 fully saturated rings. The number of carbonyl (C=O) groups is 1. The number of urea groups is 1. The molecule has 0 aliphatic carbocycles. The van der Waals surface area contributed by atoms with Crippen molar-refractivity contribution in [2.24, 2.45) is 0 Å². The Kier molecular flexibility index (Phi) is 4.64. The second-order valence-electron chi connectivity index (χ2n) is 5.99. The maximum atomic E-state index is 12.8. The number of ether oxygens (including phenoxy) is 1. The Morgan fingerprint density at radius 1 is 1.30 bits per heavy atom. The highest BCUT2D eigenvalue weighted by Crippen LogP contribution is 2.34. The Morgan fingerprint density at radius 3 is 2.85 bits per heavy atom. The molecule has 1 aliphatic rings. The van der Waals surface area contributed by atoms with Crippen molar-refractivity contribution in [1.29, 1.82) is 0 Å². The number of nitrogens with zero attached hydrogens (tertiary/aromatic N) is 5. The Labute approximate surface area is 160 Å². The van der Waals surface area contributed by atoms with Gasteiger partial charge in [0, 0.05) is 12.1 Å². The molecule has 27 heavy (non-hydrogen) atoms. The lowest BCUT2D eigenvalue weighted by Crippen LogP contribution is -2.38. The maximum Gasteiger partial charge on any atom is 0.326 e. The minimum absolute atomic E-state index is 0.243. The molecule has 1 N–H and O–H groups in total. The summed E-state index contributed by atoms with van der Waals surface area (Å²) in [4.78, 5) is 20.1. The molecule has 3 heterocycles. The number of rotatable bonds is 3. The van der Waals surface area contributed by atoms with Gasteiger partial charge in [-0.2, -0.15) is 10.2 Å². The van der Waals surface area contributed by atoms with E-state index >= 15 is 0 Å². The zero-order valence-corrected chi connectivity index (χ0v) is 15.3. The van der Waals surface area contributed by atoms with Gasteiger partial charge in [0.15, 0.2) is 5.82 Å². The third-order valence-corrected chi connectivity index (χ3v) is 4.63. The largest absolute Gasteiger partial charge is 0.496 e. The molecule has 9 heteroatoms. The van der Waals surface area contributed by atoms with E-state index in [1.165, 1.54) is 23.4 Å². The van der Waals surface area contributed by atoms with Gasteiger partial charge >= 0.3 is 6.03 Å². The van der Waals surface area contributed by atoms with Crippen LogP contribution >= 0.6 is 11.6 Å². The van der Waals surface area contributed by atoms with Gasteiger partial charge in [-0.1, -0.05) is 17.7 Å². The van der Waals surface area contributed by atoms with E-state index < -0.39 is 0 Å². The fourth-order valence-electron chi connectivity index (χ4n) is 3.16. The minimum atomic E-state index is -0.243. The fraction of sp³-hybridized carbons (Fsp3) is 0.222. The predicted octanol–water partition coefficient (Wildman–Crippen LogP) is 3.31. The summed E-state index contributed by atoms with van der Waals surface area (Å²) >= 11 is 6.27. The topological polar surface area (TPSA) is 85.2 Å². The normalized spacial score (nSPS) is 13.2. The van der Waals surface area contributed by atoms with Crippen LogP contribution in [0.4, 0.5) is 16.2 Å². The molecule has 2 amide bonds. The third kappa shape index (κ3) is 3.31. The van der Waals surface area contributed by atoms with E-state index in [-0.39, 0.29) is 6.03 Å². The molecular formula is C18H17ClN6O2. The molecule has 4 rings (SSSR count). The van der Waals surface area contributed by atoms with Crippen LogP contribution in [0.2, 0.25) is 5.02 Å². The molecule has 1 aliphatic heterocycles. The smallest absolute Gasteiger partial charge is 0.326 e.